The summed E-state index contributed by atoms with van der Waals surface area (Å²) in [6.45, 7) is -0.252. The van der Waals surface area contributed by atoms with Gasteiger partial charge in [0.25, 0.3) is 5.91 Å². The molecule has 1 amide bonds. The van der Waals surface area contributed by atoms with Crippen molar-refractivity contribution in [1.29, 1.82) is 0 Å². The van der Waals surface area contributed by atoms with Gasteiger partial charge < -0.3 is 10.1 Å². The van der Waals surface area contributed by atoms with Gasteiger partial charge in [0.15, 0.2) is 16.4 Å². The molecule has 116 valence electrons. The molecule has 0 saturated heterocycles. The van der Waals surface area contributed by atoms with E-state index in [1.54, 1.807) is 36.4 Å². The van der Waals surface area contributed by atoms with Crippen LogP contribution in [-0.2, 0) is 14.6 Å². The minimum absolute atomic E-state index is 0.0612. The Hall–Kier alpha value is -2.05. The third-order valence-electron chi connectivity index (χ3n) is 2.73. The molecular weight excluding hydrogens is 326 g/mol. The summed E-state index contributed by atoms with van der Waals surface area (Å²) in [6.07, 6.45) is 1.08. The van der Waals surface area contributed by atoms with Gasteiger partial charge in [-0.15, -0.1) is 0 Å². The second-order valence-electron chi connectivity index (χ2n) is 4.56. The van der Waals surface area contributed by atoms with Gasteiger partial charge >= 0.3 is 0 Å². The first-order valence-electron chi connectivity index (χ1n) is 6.33. The summed E-state index contributed by atoms with van der Waals surface area (Å²) >= 11 is 5.81. The number of carbonyl (C=O) groups excluding carboxylic acids is 1. The molecule has 2 aromatic rings. The van der Waals surface area contributed by atoms with Gasteiger partial charge in [0.05, 0.1) is 10.6 Å². The first-order valence-corrected chi connectivity index (χ1v) is 8.60. The molecule has 0 saturated carbocycles. The molecule has 1 N–H and O–H groups in total. The van der Waals surface area contributed by atoms with E-state index in [4.69, 9.17) is 16.3 Å². The van der Waals surface area contributed by atoms with Crippen LogP contribution >= 0.6 is 11.6 Å². The summed E-state index contributed by atoms with van der Waals surface area (Å²) < 4.78 is 28.6. The molecule has 0 aliphatic carbocycles. The Morgan fingerprint density at radius 1 is 1.18 bits per heavy atom. The zero-order chi connectivity index (χ0) is 16.2. The van der Waals surface area contributed by atoms with Gasteiger partial charge in [0.1, 0.15) is 5.75 Å². The molecule has 0 atom stereocenters. The normalized spacial score (nSPS) is 11.0. The molecule has 7 heteroatoms. The number of para-hydroxylation sites is 1. The summed E-state index contributed by atoms with van der Waals surface area (Å²) in [5.74, 6) is -0.00452. The summed E-state index contributed by atoms with van der Waals surface area (Å²) in [7, 11) is -3.42. The lowest BCUT2D eigenvalue weighted by Gasteiger charge is -2.10. The largest absolute Gasteiger partial charge is 0.484 e. The van der Waals surface area contributed by atoms with Gasteiger partial charge in [-0.3, -0.25) is 4.79 Å². The van der Waals surface area contributed by atoms with Crippen molar-refractivity contribution in [2.45, 2.75) is 4.90 Å². The van der Waals surface area contributed by atoms with Crippen molar-refractivity contribution in [2.75, 3.05) is 18.2 Å². The molecule has 0 fully saturated rings. The fourth-order valence-electron chi connectivity index (χ4n) is 1.79. The first kappa shape index (κ1) is 16.3. The number of benzene rings is 2. The van der Waals surface area contributed by atoms with Crippen LogP contribution in [0.25, 0.3) is 0 Å². The van der Waals surface area contributed by atoms with Crippen LogP contribution in [0.1, 0.15) is 0 Å². The predicted octanol–water partition coefficient (Wildman–Crippen LogP) is 2.76. The zero-order valence-corrected chi connectivity index (χ0v) is 13.3. The topological polar surface area (TPSA) is 72.5 Å². The maximum absolute atomic E-state index is 11.9. The van der Waals surface area contributed by atoms with Crippen molar-refractivity contribution in [3.8, 4) is 5.75 Å². The SMILES string of the molecule is CS(=O)(=O)c1ccccc1NC(=O)COc1cccc(Cl)c1. The standard InChI is InChI=1S/C15H14ClNO4S/c1-22(19,20)14-8-3-2-7-13(14)17-15(18)10-21-12-6-4-5-11(16)9-12/h2-9H,10H2,1H3,(H,17,18). The third kappa shape index (κ3) is 4.47. The number of sulfone groups is 1. The van der Waals surface area contributed by atoms with Crippen LogP contribution in [0, 0.1) is 0 Å². The van der Waals surface area contributed by atoms with Crippen LogP contribution < -0.4 is 10.1 Å². The molecule has 0 spiro atoms. The molecule has 0 radical (unpaired) electrons. The van der Waals surface area contributed by atoms with E-state index in [1.807, 2.05) is 0 Å². The lowest BCUT2D eigenvalue weighted by molar-refractivity contribution is -0.118. The molecule has 0 aromatic heterocycles. The Balaban J connectivity index is 2.04. The van der Waals surface area contributed by atoms with Crippen molar-refractivity contribution in [3.63, 3.8) is 0 Å². The van der Waals surface area contributed by atoms with Crippen LogP contribution in [0.3, 0.4) is 0 Å². The molecule has 2 aromatic carbocycles. The predicted molar refractivity (Wildman–Crippen MR) is 85.1 cm³/mol. The van der Waals surface area contributed by atoms with Crippen LogP contribution in [0.4, 0.5) is 5.69 Å². The summed E-state index contributed by atoms with van der Waals surface area (Å²) in [5.41, 5.74) is 0.227. The van der Waals surface area contributed by atoms with E-state index < -0.39 is 15.7 Å². The van der Waals surface area contributed by atoms with Gasteiger partial charge in [-0.2, -0.15) is 0 Å². The second kappa shape index (κ2) is 6.81. The zero-order valence-electron chi connectivity index (χ0n) is 11.7. The molecule has 0 aliphatic heterocycles. The molecule has 22 heavy (non-hydrogen) atoms. The number of rotatable bonds is 5. The number of nitrogens with one attached hydrogen (secondary N) is 1. The van der Waals surface area contributed by atoms with Gasteiger partial charge in [-0.1, -0.05) is 29.8 Å². The lowest BCUT2D eigenvalue weighted by Crippen LogP contribution is -2.21. The number of carbonyl (C=O) groups is 1. The van der Waals surface area contributed by atoms with Crippen LogP contribution in [-0.4, -0.2) is 27.2 Å². The van der Waals surface area contributed by atoms with Gasteiger partial charge in [-0.05, 0) is 30.3 Å². The van der Waals surface area contributed by atoms with Crippen molar-refractivity contribution < 1.29 is 17.9 Å². The fourth-order valence-corrected chi connectivity index (χ4v) is 2.81. The second-order valence-corrected chi connectivity index (χ2v) is 6.98. The van der Waals surface area contributed by atoms with Gasteiger partial charge in [0, 0.05) is 11.3 Å². The number of amides is 1. The van der Waals surface area contributed by atoms with E-state index in [-0.39, 0.29) is 17.2 Å². The smallest absolute Gasteiger partial charge is 0.262 e. The summed E-state index contributed by atoms with van der Waals surface area (Å²) in [4.78, 5) is 11.9. The molecule has 0 unspecified atom stereocenters. The highest BCUT2D eigenvalue weighted by Gasteiger charge is 2.14. The van der Waals surface area contributed by atoms with E-state index in [0.29, 0.717) is 10.8 Å². The molecule has 5 nitrogen and oxygen atoms in total. The van der Waals surface area contributed by atoms with Gasteiger partial charge in [0.2, 0.25) is 0 Å². The van der Waals surface area contributed by atoms with E-state index >= 15 is 0 Å². The van der Waals surface area contributed by atoms with Crippen molar-refractivity contribution in [1.82, 2.24) is 0 Å². The van der Waals surface area contributed by atoms with E-state index in [2.05, 4.69) is 5.32 Å². The number of hydrogen-bond donors (Lipinski definition) is 1. The maximum atomic E-state index is 11.9. The van der Waals surface area contributed by atoms with Crippen LogP contribution in [0.15, 0.2) is 53.4 Å². The Morgan fingerprint density at radius 3 is 2.59 bits per heavy atom. The molecular formula is C15H14ClNO4S. The third-order valence-corrected chi connectivity index (χ3v) is 4.12. The molecule has 0 heterocycles. The van der Waals surface area contributed by atoms with Crippen molar-refractivity contribution >= 4 is 33.0 Å². The van der Waals surface area contributed by atoms with Crippen molar-refractivity contribution in [2.24, 2.45) is 0 Å². The maximum Gasteiger partial charge on any atom is 0.262 e. The first-order chi connectivity index (χ1) is 10.4. The number of hydrogen-bond acceptors (Lipinski definition) is 4. The van der Waals surface area contributed by atoms with E-state index in [1.165, 1.54) is 12.1 Å². The highest BCUT2D eigenvalue weighted by Crippen LogP contribution is 2.21. The quantitative estimate of drug-likeness (QED) is 0.909. The monoisotopic (exact) mass is 339 g/mol. The minimum Gasteiger partial charge on any atom is -0.484 e. The average molecular weight is 340 g/mol. The molecule has 0 bridgehead atoms. The Labute approximate surface area is 133 Å². The number of anilines is 1. The Bertz CT molecular complexity index is 790. The highest BCUT2D eigenvalue weighted by molar-refractivity contribution is 7.90. The number of halogens is 1. The molecule has 0 aliphatic rings. The Kier molecular flexibility index (Phi) is 5.05. The van der Waals surface area contributed by atoms with E-state index in [0.717, 1.165) is 6.26 Å². The minimum atomic E-state index is -3.42. The van der Waals surface area contributed by atoms with Gasteiger partial charge in [-0.25, -0.2) is 8.42 Å². The summed E-state index contributed by atoms with van der Waals surface area (Å²) in [5, 5.41) is 3.03. The fraction of sp³-hybridized carbons (Fsp3) is 0.133. The molecule has 2 rings (SSSR count). The van der Waals surface area contributed by atoms with Crippen LogP contribution in [0.2, 0.25) is 5.02 Å². The highest BCUT2D eigenvalue weighted by atomic mass is 35.5. The van der Waals surface area contributed by atoms with E-state index in [9.17, 15) is 13.2 Å². The number of ether oxygens (including phenoxy) is 1. The van der Waals surface area contributed by atoms with Crippen molar-refractivity contribution in [3.05, 3.63) is 53.6 Å². The lowest BCUT2D eigenvalue weighted by atomic mass is 10.3. The Morgan fingerprint density at radius 2 is 1.91 bits per heavy atom. The summed E-state index contributed by atoms with van der Waals surface area (Å²) in [6, 6.07) is 12.8. The van der Waals surface area contributed by atoms with Crippen LogP contribution in [0.5, 0.6) is 5.75 Å². The average Bonchev–Trinajstić information content (AvgIpc) is 2.45.